The van der Waals surface area contributed by atoms with Crippen molar-refractivity contribution in [3.05, 3.63) is 35.9 Å². The maximum absolute atomic E-state index is 9.69. The standard InChI is InChI=1S/C16H27NO2/c1-13(2)19-12-16(18)11-17-10-9-14(3)15-7-5-4-6-8-15/h4-8,13-14,16-18H,9-12H2,1-3H3. The van der Waals surface area contributed by atoms with E-state index in [0.717, 1.165) is 13.0 Å². The first-order valence-corrected chi connectivity index (χ1v) is 7.15. The average molecular weight is 265 g/mol. The summed E-state index contributed by atoms with van der Waals surface area (Å²) in [6.07, 6.45) is 0.823. The van der Waals surface area contributed by atoms with Gasteiger partial charge in [0.25, 0.3) is 0 Å². The van der Waals surface area contributed by atoms with E-state index in [2.05, 4.69) is 36.5 Å². The van der Waals surface area contributed by atoms with Gasteiger partial charge in [-0.1, -0.05) is 37.3 Å². The zero-order valence-corrected chi connectivity index (χ0v) is 12.3. The second-order valence-corrected chi connectivity index (χ2v) is 5.34. The summed E-state index contributed by atoms with van der Waals surface area (Å²) in [6, 6.07) is 10.5. The third-order valence-electron chi connectivity index (χ3n) is 3.12. The second kappa shape index (κ2) is 9.08. The highest BCUT2D eigenvalue weighted by Gasteiger charge is 2.07. The average Bonchev–Trinajstić information content (AvgIpc) is 2.42. The fraction of sp³-hybridized carbons (Fsp3) is 0.625. The van der Waals surface area contributed by atoms with E-state index in [-0.39, 0.29) is 6.10 Å². The van der Waals surface area contributed by atoms with Crippen molar-refractivity contribution in [2.45, 2.75) is 45.3 Å². The SMILES string of the molecule is CC(C)OCC(O)CNCCC(C)c1ccccc1. The minimum Gasteiger partial charge on any atom is -0.389 e. The Morgan fingerprint density at radius 3 is 2.47 bits per heavy atom. The molecule has 0 bridgehead atoms. The van der Waals surface area contributed by atoms with Crippen molar-refractivity contribution in [2.75, 3.05) is 19.7 Å². The van der Waals surface area contributed by atoms with Gasteiger partial charge in [-0.15, -0.1) is 0 Å². The largest absolute Gasteiger partial charge is 0.389 e. The van der Waals surface area contributed by atoms with Crippen LogP contribution in [0.2, 0.25) is 0 Å². The lowest BCUT2D eigenvalue weighted by molar-refractivity contribution is 0.00644. The van der Waals surface area contributed by atoms with Crippen molar-refractivity contribution < 1.29 is 9.84 Å². The van der Waals surface area contributed by atoms with Crippen LogP contribution in [0.4, 0.5) is 0 Å². The van der Waals surface area contributed by atoms with Gasteiger partial charge in [0.15, 0.2) is 0 Å². The molecule has 0 amide bonds. The summed E-state index contributed by atoms with van der Waals surface area (Å²) in [7, 11) is 0. The summed E-state index contributed by atoms with van der Waals surface area (Å²) in [5.74, 6) is 0.540. The summed E-state index contributed by atoms with van der Waals surface area (Å²) >= 11 is 0. The highest BCUT2D eigenvalue weighted by Crippen LogP contribution is 2.17. The van der Waals surface area contributed by atoms with Gasteiger partial charge in [-0.2, -0.15) is 0 Å². The minimum absolute atomic E-state index is 0.174. The van der Waals surface area contributed by atoms with Crippen molar-refractivity contribution in [1.29, 1.82) is 0 Å². The molecule has 0 aliphatic rings. The first-order chi connectivity index (χ1) is 9.09. The number of aliphatic hydroxyl groups is 1. The highest BCUT2D eigenvalue weighted by atomic mass is 16.5. The van der Waals surface area contributed by atoms with Crippen LogP contribution in [0, 0.1) is 0 Å². The summed E-state index contributed by atoms with van der Waals surface area (Å²) < 4.78 is 5.36. The fourth-order valence-corrected chi connectivity index (χ4v) is 1.90. The topological polar surface area (TPSA) is 41.5 Å². The number of benzene rings is 1. The molecule has 0 aromatic heterocycles. The van der Waals surface area contributed by atoms with Gasteiger partial charge in [0.05, 0.1) is 18.8 Å². The minimum atomic E-state index is -0.422. The number of aliphatic hydroxyl groups excluding tert-OH is 1. The monoisotopic (exact) mass is 265 g/mol. The normalized spacial score (nSPS) is 14.6. The Labute approximate surface area is 117 Å². The second-order valence-electron chi connectivity index (χ2n) is 5.34. The van der Waals surface area contributed by atoms with E-state index >= 15 is 0 Å². The van der Waals surface area contributed by atoms with Crippen LogP contribution in [-0.4, -0.2) is 37.0 Å². The molecular weight excluding hydrogens is 238 g/mol. The maximum Gasteiger partial charge on any atom is 0.0897 e. The Kier molecular flexibility index (Phi) is 7.72. The molecule has 0 aliphatic carbocycles. The molecule has 0 aliphatic heterocycles. The van der Waals surface area contributed by atoms with Gasteiger partial charge >= 0.3 is 0 Å². The van der Waals surface area contributed by atoms with Crippen LogP contribution in [0.1, 0.15) is 38.7 Å². The van der Waals surface area contributed by atoms with Gasteiger partial charge in [-0.05, 0) is 38.3 Å². The maximum atomic E-state index is 9.69. The lowest BCUT2D eigenvalue weighted by atomic mass is 9.98. The number of ether oxygens (including phenoxy) is 1. The Morgan fingerprint density at radius 2 is 1.84 bits per heavy atom. The highest BCUT2D eigenvalue weighted by molar-refractivity contribution is 5.18. The molecule has 0 radical (unpaired) electrons. The Balaban J connectivity index is 2.10. The van der Waals surface area contributed by atoms with Crippen LogP contribution in [0.15, 0.2) is 30.3 Å². The quantitative estimate of drug-likeness (QED) is 0.674. The molecule has 2 N–H and O–H groups in total. The van der Waals surface area contributed by atoms with Crippen LogP contribution < -0.4 is 5.32 Å². The van der Waals surface area contributed by atoms with E-state index in [0.29, 0.717) is 19.1 Å². The van der Waals surface area contributed by atoms with Gasteiger partial charge in [0.1, 0.15) is 0 Å². The van der Waals surface area contributed by atoms with E-state index in [1.165, 1.54) is 5.56 Å². The molecule has 108 valence electrons. The Bertz CT molecular complexity index is 327. The first kappa shape index (κ1) is 16.2. The number of hydrogen-bond donors (Lipinski definition) is 2. The molecule has 0 spiro atoms. The molecule has 2 atom stereocenters. The van der Waals surface area contributed by atoms with Crippen LogP contribution in [-0.2, 0) is 4.74 Å². The summed E-state index contributed by atoms with van der Waals surface area (Å²) in [5.41, 5.74) is 1.37. The summed E-state index contributed by atoms with van der Waals surface area (Å²) in [6.45, 7) is 8.08. The van der Waals surface area contributed by atoms with E-state index in [1.807, 2.05) is 19.9 Å². The predicted molar refractivity (Wildman–Crippen MR) is 79.4 cm³/mol. The summed E-state index contributed by atoms with van der Waals surface area (Å²) in [4.78, 5) is 0. The molecule has 0 saturated heterocycles. The van der Waals surface area contributed by atoms with Crippen LogP contribution in [0.25, 0.3) is 0 Å². The van der Waals surface area contributed by atoms with E-state index in [1.54, 1.807) is 0 Å². The molecule has 2 unspecified atom stereocenters. The lowest BCUT2D eigenvalue weighted by Gasteiger charge is -2.16. The van der Waals surface area contributed by atoms with Crippen molar-refractivity contribution in [2.24, 2.45) is 0 Å². The van der Waals surface area contributed by atoms with Crippen molar-refractivity contribution >= 4 is 0 Å². The molecule has 3 nitrogen and oxygen atoms in total. The van der Waals surface area contributed by atoms with E-state index < -0.39 is 6.10 Å². The molecule has 1 aromatic rings. The zero-order valence-electron chi connectivity index (χ0n) is 12.3. The first-order valence-electron chi connectivity index (χ1n) is 7.15. The van der Waals surface area contributed by atoms with Crippen molar-refractivity contribution in [3.8, 4) is 0 Å². The molecule has 0 saturated carbocycles. The third-order valence-corrected chi connectivity index (χ3v) is 3.12. The van der Waals surface area contributed by atoms with Crippen molar-refractivity contribution in [3.63, 3.8) is 0 Å². The fourth-order valence-electron chi connectivity index (χ4n) is 1.90. The number of rotatable bonds is 9. The van der Waals surface area contributed by atoms with Crippen LogP contribution >= 0.6 is 0 Å². The van der Waals surface area contributed by atoms with Crippen molar-refractivity contribution in [1.82, 2.24) is 5.32 Å². The predicted octanol–water partition coefficient (Wildman–Crippen LogP) is 2.56. The number of nitrogens with one attached hydrogen (secondary N) is 1. The zero-order chi connectivity index (χ0) is 14.1. The Morgan fingerprint density at radius 1 is 1.16 bits per heavy atom. The van der Waals surface area contributed by atoms with Gasteiger partial charge in [-0.3, -0.25) is 0 Å². The molecular formula is C16H27NO2. The van der Waals surface area contributed by atoms with Gasteiger partial charge in [-0.25, -0.2) is 0 Å². The smallest absolute Gasteiger partial charge is 0.0897 e. The third kappa shape index (κ3) is 7.31. The molecule has 3 heteroatoms. The summed E-state index contributed by atoms with van der Waals surface area (Å²) in [5, 5.41) is 13.0. The lowest BCUT2D eigenvalue weighted by Crippen LogP contribution is -2.32. The van der Waals surface area contributed by atoms with Gasteiger partial charge in [0, 0.05) is 6.54 Å². The van der Waals surface area contributed by atoms with Crippen LogP contribution in [0.3, 0.4) is 0 Å². The molecule has 19 heavy (non-hydrogen) atoms. The van der Waals surface area contributed by atoms with Gasteiger partial charge < -0.3 is 15.2 Å². The molecule has 0 heterocycles. The van der Waals surface area contributed by atoms with Crippen LogP contribution in [0.5, 0.6) is 0 Å². The number of hydrogen-bond acceptors (Lipinski definition) is 3. The van der Waals surface area contributed by atoms with E-state index in [4.69, 9.17) is 4.74 Å². The van der Waals surface area contributed by atoms with Gasteiger partial charge in [0.2, 0.25) is 0 Å². The Hall–Kier alpha value is -0.900. The molecule has 1 aromatic carbocycles. The van der Waals surface area contributed by atoms with E-state index in [9.17, 15) is 5.11 Å². The molecule has 0 fully saturated rings. The molecule has 1 rings (SSSR count).